The van der Waals surface area contributed by atoms with E-state index in [0.29, 0.717) is 16.9 Å². The molecule has 0 saturated heterocycles. The second kappa shape index (κ2) is 11.2. The molecule has 1 amide bonds. The number of aromatic nitrogens is 1. The average molecular weight is 524 g/mol. The zero-order chi connectivity index (χ0) is 25.7. The average Bonchev–Trinajstić information content (AvgIpc) is 3.23. The van der Waals surface area contributed by atoms with E-state index in [2.05, 4.69) is 11.9 Å². The van der Waals surface area contributed by atoms with Crippen molar-refractivity contribution in [2.45, 2.75) is 38.3 Å². The molecule has 0 unspecified atom stereocenters. The fourth-order valence-electron chi connectivity index (χ4n) is 3.93. The number of carbonyl (C=O) groups is 1. The molecule has 0 aliphatic rings. The molecule has 0 aliphatic heterocycles. The van der Waals surface area contributed by atoms with E-state index in [0.717, 1.165) is 34.5 Å². The van der Waals surface area contributed by atoms with Crippen molar-refractivity contribution in [3.8, 4) is 5.75 Å². The van der Waals surface area contributed by atoms with E-state index in [1.807, 2.05) is 60.0 Å². The molecule has 36 heavy (non-hydrogen) atoms. The molecule has 0 spiro atoms. The van der Waals surface area contributed by atoms with Gasteiger partial charge in [0, 0.05) is 25.2 Å². The van der Waals surface area contributed by atoms with E-state index >= 15 is 0 Å². The second-order valence-electron chi connectivity index (χ2n) is 8.23. The third-order valence-electron chi connectivity index (χ3n) is 5.83. The molecule has 7 nitrogen and oxygen atoms in total. The predicted octanol–water partition coefficient (Wildman–Crippen LogP) is 5.07. The minimum absolute atomic E-state index is 0.145. The van der Waals surface area contributed by atoms with Gasteiger partial charge in [0.1, 0.15) is 5.75 Å². The number of methoxy groups -OCH3 is 1. The van der Waals surface area contributed by atoms with E-state index < -0.39 is 15.9 Å². The normalized spacial score (nSPS) is 12.4. The van der Waals surface area contributed by atoms with Crippen molar-refractivity contribution in [3.63, 3.8) is 0 Å². The van der Waals surface area contributed by atoms with Crippen molar-refractivity contribution < 1.29 is 17.9 Å². The molecule has 188 valence electrons. The van der Waals surface area contributed by atoms with Gasteiger partial charge in [-0.2, -0.15) is 9.30 Å². The maximum atomic E-state index is 13.2. The summed E-state index contributed by atoms with van der Waals surface area (Å²) in [6, 6.07) is 21.3. The Labute approximate surface area is 215 Å². The molecule has 0 fully saturated rings. The van der Waals surface area contributed by atoms with E-state index in [-0.39, 0.29) is 11.4 Å². The van der Waals surface area contributed by atoms with E-state index in [4.69, 9.17) is 4.74 Å². The molecule has 0 radical (unpaired) electrons. The zero-order valence-electron chi connectivity index (χ0n) is 20.5. The number of carbonyl (C=O) groups excluding carboxylic acids is 1. The molecule has 1 aromatic heterocycles. The first-order chi connectivity index (χ1) is 17.4. The van der Waals surface area contributed by atoms with Gasteiger partial charge in [-0.3, -0.25) is 4.79 Å². The Morgan fingerprint density at radius 3 is 2.39 bits per heavy atom. The molecule has 4 rings (SSSR count). The number of amides is 1. The van der Waals surface area contributed by atoms with Crippen molar-refractivity contribution >= 4 is 37.5 Å². The van der Waals surface area contributed by atoms with Gasteiger partial charge in [0.25, 0.3) is 5.91 Å². The Bertz CT molecular complexity index is 1520. The number of hydrogen-bond donors (Lipinski definition) is 0. The first-order valence-corrected chi connectivity index (χ1v) is 14.0. The van der Waals surface area contributed by atoms with Crippen molar-refractivity contribution in [1.82, 2.24) is 8.87 Å². The van der Waals surface area contributed by atoms with Crippen LogP contribution in [-0.2, 0) is 23.1 Å². The van der Waals surface area contributed by atoms with E-state index in [9.17, 15) is 13.2 Å². The summed E-state index contributed by atoms with van der Waals surface area (Å²) in [6.45, 7) is 5.22. The van der Waals surface area contributed by atoms with Crippen LogP contribution in [0.1, 0.15) is 36.2 Å². The summed E-state index contributed by atoms with van der Waals surface area (Å²) in [4.78, 5) is 18.1. The Morgan fingerprint density at radius 1 is 1.03 bits per heavy atom. The Morgan fingerprint density at radius 2 is 1.75 bits per heavy atom. The Hall–Kier alpha value is -3.27. The minimum Gasteiger partial charge on any atom is -0.497 e. The van der Waals surface area contributed by atoms with Crippen molar-refractivity contribution in [2.75, 3.05) is 13.7 Å². The molecule has 0 saturated carbocycles. The third kappa shape index (κ3) is 5.43. The highest BCUT2D eigenvalue weighted by molar-refractivity contribution is 7.89. The van der Waals surface area contributed by atoms with Crippen LogP contribution in [0.5, 0.6) is 5.75 Å². The summed E-state index contributed by atoms with van der Waals surface area (Å²) in [5, 5.41) is 0. The fraction of sp³-hybridized carbons (Fsp3) is 0.259. The Balaban J connectivity index is 1.62. The van der Waals surface area contributed by atoms with Crippen LogP contribution in [0.3, 0.4) is 0 Å². The van der Waals surface area contributed by atoms with Gasteiger partial charge in [0.15, 0.2) is 4.80 Å². The van der Waals surface area contributed by atoms with Gasteiger partial charge in [0.2, 0.25) is 10.0 Å². The van der Waals surface area contributed by atoms with Crippen LogP contribution in [0, 0.1) is 0 Å². The van der Waals surface area contributed by atoms with Crippen LogP contribution >= 0.6 is 11.3 Å². The van der Waals surface area contributed by atoms with Gasteiger partial charge in [-0.25, -0.2) is 8.42 Å². The first-order valence-electron chi connectivity index (χ1n) is 11.8. The number of hydrogen-bond acceptors (Lipinski definition) is 5. The number of rotatable bonds is 9. The van der Waals surface area contributed by atoms with Crippen LogP contribution in [0.2, 0.25) is 0 Å². The molecular weight excluding hydrogens is 494 g/mol. The number of benzene rings is 3. The third-order valence-corrected chi connectivity index (χ3v) is 8.80. The monoisotopic (exact) mass is 523 g/mol. The SMILES string of the molecule is CCCn1c(=NC(=O)c2ccc(S(=O)(=O)N(CC)Cc3ccccc3)cc2)sc2cc(OC)ccc21. The summed E-state index contributed by atoms with van der Waals surface area (Å²) in [6.07, 6.45) is 0.892. The summed E-state index contributed by atoms with van der Waals surface area (Å²) in [5.74, 6) is 0.328. The molecular formula is C27H29N3O4S2. The highest BCUT2D eigenvalue weighted by atomic mass is 32.2. The number of aryl methyl sites for hydroxylation is 1. The fourth-order valence-corrected chi connectivity index (χ4v) is 6.45. The van der Waals surface area contributed by atoms with Crippen molar-refractivity contribution in [2.24, 2.45) is 4.99 Å². The lowest BCUT2D eigenvalue weighted by Crippen LogP contribution is -2.30. The molecule has 4 aromatic rings. The van der Waals surface area contributed by atoms with Crippen LogP contribution in [0.25, 0.3) is 10.2 Å². The Kier molecular flexibility index (Phi) is 8.03. The van der Waals surface area contributed by atoms with Gasteiger partial charge in [-0.15, -0.1) is 0 Å². The van der Waals surface area contributed by atoms with E-state index in [1.165, 1.54) is 39.9 Å². The van der Waals surface area contributed by atoms with Crippen molar-refractivity contribution in [1.29, 1.82) is 0 Å². The van der Waals surface area contributed by atoms with Gasteiger partial charge in [-0.1, -0.05) is 55.5 Å². The molecule has 3 aromatic carbocycles. The molecule has 0 N–H and O–H groups in total. The lowest BCUT2D eigenvalue weighted by molar-refractivity contribution is 0.0997. The predicted molar refractivity (Wildman–Crippen MR) is 143 cm³/mol. The quantitative estimate of drug-likeness (QED) is 0.307. The molecule has 0 atom stereocenters. The van der Waals surface area contributed by atoms with Gasteiger partial charge >= 0.3 is 0 Å². The van der Waals surface area contributed by atoms with Crippen LogP contribution in [0.15, 0.2) is 82.7 Å². The summed E-state index contributed by atoms with van der Waals surface area (Å²) < 4.78 is 36.2. The number of nitrogens with zero attached hydrogens (tertiary/aromatic N) is 3. The lowest BCUT2D eigenvalue weighted by atomic mass is 10.2. The number of sulfonamides is 1. The summed E-state index contributed by atoms with van der Waals surface area (Å²) >= 11 is 1.42. The van der Waals surface area contributed by atoms with Gasteiger partial charge < -0.3 is 9.30 Å². The largest absolute Gasteiger partial charge is 0.497 e. The molecule has 0 bridgehead atoms. The number of fused-ring (bicyclic) bond motifs is 1. The maximum Gasteiger partial charge on any atom is 0.279 e. The summed E-state index contributed by atoms with van der Waals surface area (Å²) in [7, 11) is -2.09. The molecule has 1 heterocycles. The van der Waals surface area contributed by atoms with Gasteiger partial charge in [-0.05, 0) is 54.4 Å². The smallest absolute Gasteiger partial charge is 0.279 e. The van der Waals surface area contributed by atoms with Crippen LogP contribution in [0.4, 0.5) is 0 Å². The summed E-state index contributed by atoms with van der Waals surface area (Å²) in [5.41, 5.74) is 2.24. The van der Waals surface area contributed by atoms with Crippen LogP contribution in [-0.4, -0.2) is 36.9 Å². The maximum absolute atomic E-state index is 13.2. The number of ether oxygens (including phenoxy) is 1. The van der Waals surface area contributed by atoms with Crippen molar-refractivity contribution in [3.05, 3.63) is 88.7 Å². The first kappa shape index (κ1) is 25.8. The number of thiazole rings is 1. The lowest BCUT2D eigenvalue weighted by Gasteiger charge is -2.20. The molecule has 9 heteroatoms. The van der Waals surface area contributed by atoms with Crippen LogP contribution < -0.4 is 9.54 Å². The van der Waals surface area contributed by atoms with E-state index in [1.54, 1.807) is 7.11 Å². The topological polar surface area (TPSA) is 81.0 Å². The standard InChI is InChI=1S/C27H29N3O4S2/c1-4-17-30-24-16-13-22(34-3)18-25(24)35-27(30)28-26(31)21-11-14-23(15-12-21)36(32,33)29(5-2)19-20-9-7-6-8-10-20/h6-16,18H,4-5,17,19H2,1-3H3. The zero-order valence-corrected chi connectivity index (χ0v) is 22.2. The molecule has 0 aliphatic carbocycles. The highest BCUT2D eigenvalue weighted by Crippen LogP contribution is 2.24. The minimum atomic E-state index is -3.71. The van der Waals surface area contributed by atoms with Gasteiger partial charge in [0.05, 0.1) is 22.2 Å². The second-order valence-corrected chi connectivity index (χ2v) is 11.2. The highest BCUT2D eigenvalue weighted by Gasteiger charge is 2.23.